The third-order valence-corrected chi connectivity index (χ3v) is 4.22. The zero-order valence-electron chi connectivity index (χ0n) is 10.0. The van der Waals surface area contributed by atoms with Gasteiger partial charge in [0.1, 0.15) is 5.01 Å². The molecule has 1 aromatic heterocycles. The van der Waals surface area contributed by atoms with Crippen molar-refractivity contribution in [2.45, 2.75) is 19.2 Å². The monoisotopic (exact) mass is 292 g/mol. The highest BCUT2D eigenvalue weighted by molar-refractivity contribution is 7.98. The van der Waals surface area contributed by atoms with Crippen LogP contribution in [-0.2, 0) is 17.1 Å². The summed E-state index contributed by atoms with van der Waals surface area (Å²) in [5.41, 5.74) is 0.843. The molecule has 0 fully saturated rings. The van der Waals surface area contributed by atoms with Crippen LogP contribution >= 0.6 is 34.7 Å². The molecule has 1 aromatic rings. The Morgan fingerprint density at radius 2 is 2.47 bits per heavy atom. The normalized spacial score (nSPS) is 12.4. The fourth-order valence-corrected chi connectivity index (χ4v) is 3.03. The van der Waals surface area contributed by atoms with Gasteiger partial charge in [-0.3, -0.25) is 4.79 Å². The minimum Gasteiger partial charge on any atom is -0.355 e. The molecule has 1 atom stereocenters. The fourth-order valence-electron chi connectivity index (χ4n) is 1.32. The van der Waals surface area contributed by atoms with Gasteiger partial charge in [0.2, 0.25) is 5.91 Å². The van der Waals surface area contributed by atoms with Crippen LogP contribution < -0.4 is 5.32 Å². The molecule has 96 valence electrons. The Kier molecular flexibility index (Phi) is 6.92. The lowest BCUT2D eigenvalue weighted by Crippen LogP contribution is -2.30. The van der Waals surface area contributed by atoms with E-state index >= 15 is 0 Å². The van der Waals surface area contributed by atoms with E-state index in [-0.39, 0.29) is 5.91 Å². The van der Waals surface area contributed by atoms with Crippen molar-refractivity contribution in [3.8, 4) is 0 Å². The van der Waals surface area contributed by atoms with Crippen molar-refractivity contribution >= 4 is 40.6 Å². The second-order valence-corrected chi connectivity index (χ2v) is 6.03. The number of hydrogen-bond acceptors (Lipinski definition) is 4. The minimum absolute atomic E-state index is 0.0356. The predicted molar refractivity (Wildman–Crippen MR) is 75.9 cm³/mol. The highest BCUT2D eigenvalue weighted by Gasteiger charge is 2.09. The number of alkyl halides is 1. The number of carbonyl (C=O) groups excluding carboxylic acids is 1. The summed E-state index contributed by atoms with van der Waals surface area (Å²) in [5, 5.41) is 5.65. The molecule has 0 saturated heterocycles. The summed E-state index contributed by atoms with van der Waals surface area (Å²) in [6.45, 7) is 2.86. The molecule has 0 aliphatic rings. The van der Waals surface area contributed by atoms with E-state index < -0.39 is 0 Å². The Hall–Kier alpha value is -0.260. The van der Waals surface area contributed by atoms with E-state index in [0.717, 1.165) is 23.0 Å². The van der Waals surface area contributed by atoms with Crippen LogP contribution in [0.25, 0.3) is 0 Å². The smallest absolute Gasteiger partial charge is 0.226 e. The van der Waals surface area contributed by atoms with E-state index in [9.17, 15) is 4.79 Å². The van der Waals surface area contributed by atoms with Crippen LogP contribution in [0.3, 0.4) is 0 Å². The summed E-state index contributed by atoms with van der Waals surface area (Å²) in [6, 6.07) is 0. The van der Waals surface area contributed by atoms with E-state index in [1.165, 1.54) is 11.3 Å². The number of amides is 1. The highest BCUT2D eigenvalue weighted by Crippen LogP contribution is 2.12. The second-order valence-electron chi connectivity index (χ2n) is 3.91. The molecule has 1 unspecified atom stereocenters. The van der Waals surface area contributed by atoms with E-state index in [4.69, 9.17) is 11.6 Å². The number of hydrogen-bond donors (Lipinski definition) is 1. The zero-order valence-corrected chi connectivity index (χ0v) is 12.4. The highest BCUT2D eigenvalue weighted by atomic mass is 35.5. The molecule has 1 amide bonds. The molecular weight excluding hydrogens is 276 g/mol. The lowest BCUT2D eigenvalue weighted by Gasteiger charge is -2.10. The summed E-state index contributed by atoms with van der Waals surface area (Å²) >= 11 is 8.94. The van der Waals surface area contributed by atoms with Crippen molar-refractivity contribution in [3.63, 3.8) is 0 Å². The lowest BCUT2D eigenvalue weighted by atomic mass is 10.2. The molecule has 0 aliphatic carbocycles. The molecular formula is C11H17ClN2OS2. The van der Waals surface area contributed by atoms with E-state index in [2.05, 4.69) is 23.5 Å². The molecule has 1 N–H and O–H groups in total. The van der Waals surface area contributed by atoms with Crippen LogP contribution in [0.4, 0.5) is 0 Å². The first-order valence-electron chi connectivity index (χ1n) is 5.40. The topological polar surface area (TPSA) is 42.0 Å². The Morgan fingerprint density at radius 3 is 3.06 bits per heavy atom. The Balaban J connectivity index is 2.29. The van der Waals surface area contributed by atoms with Gasteiger partial charge in [-0.25, -0.2) is 4.98 Å². The molecule has 3 nitrogen and oxygen atoms in total. The molecule has 0 spiro atoms. The van der Waals surface area contributed by atoms with Gasteiger partial charge in [-0.05, 0) is 17.9 Å². The zero-order chi connectivity index (χ0) is 12.7. The van der Waals surface area contributed by atoms with Crippen molar-refractivity contribution in [2.75, 3.05) is 18.6 Å². The predicted octanol–water partition coefficient (Wildman–Crippen LogP) is 2.54. The number of halogens is 1. The number of aromatic nitrogens is 1. The van der Waals surface area contributed by atoms with E-state index in [1.54, 1.807) is 11.8 Å². The molecule has 6 heteroatoms. The third kappa shape index (κ3) is 5.75. The Bertz CT molecular complexity index is 357. The van der Waals surface area contributed by atoms with Gasteiger partial charge in [0, 0.05) is 11.9 Å². The average molecular weight is 293 g/mol. The summed E-state index contributed by atoms with van der Waals surface area (Å²) in [7, 11) is 0. The van der Waals surface area contributed by atoms with Gasteiger partial charge < -0.3 is 5.32 Å². The summed E-state index contributed by atoms with van der Waals surface area (Å²) in [6.07, 6.45) is 2.43. The average Bonchev–Trinajstić information content (AvgIpc) is 2.74. The first-order chi connectivity index (χ1) is 8.15. The van der Waals surface area contributed by atoms with Crippen LogP contribution in [-0.4, -0.2) is 29.4 Å². The number of rotatable bonds is 7. The van der Waals surface area contributed by atoms with Crippen LogP contribution in [0.1, 0.15) is 17.6 Å². The molecule has 0 aromatic carbocycles. The van der Waals surface area contributed by atoms with E-state index in [1.807, 2.05) is 5.38 Å². The maximum Gasteiger partial charge on any atom is 0.226 e. The van der Waals surface area contributed by atoms with Gasteiger partial charge in [-0.2, -0.15) is 11.8 Å². The summed E-state index contributed by atoms with van der Waals surface area (Å²) in [4.78, 5) is 15.9. The molecule has 0 bridgehead atoms. The van der Waals surface area contributed by atoms with Crippen LogP contribution in [0.15, 0.2) is 5.38 Å². The molecule has 0 saturated carbocycles. The SMILES string of the molecule is CSCC(C)CNC(=O)Cc1nc(CCl)cs1. The first kappa shape index (κ1) is 14.8. The lowest BCUT2D eigenvalue weighted by molar-refractivity contribution is -0.120. The number of thioether (sulfide) groups is 1. The molecule has 0 aliphatic heterocycles. The van der Waals surface area contributed by atoms with Crippen molar-refractivity contribution in [1.29, 1.82) is 0 Å². The van der Waals surface area contributed by atoms with E-state index in [0.29, 0.717) is 18.2 Å². The molecule has 17 heavy (non-hydrogen) atoms. The van der Waals surface area contributed by atoms with Gasteiger partial charge in [0.25, 0.3) is 0 Å². The maximum absolute atomic E-state index is 11.6. The minimum atomic E-state index is 0.0356. The quantitative estimate of drug-likeness (QED) is 0.785. The van der Waals surface area contributed by atoms with Crippen molar-refractivity contribution in [2.24, 2.45) is 5.92 Å². The summed E-state index contributed by atoms with van der Waals surface area (Å²) in [5.74, 6) is 2.01. The largest absolute Gasteiger partial charge is 0.355 e. The van der Waals surface area contributed by atoms with Gasteiger partial charge in [0.05, 0.1) is 18.0 Å². The van der Waals surface area contributed by atoms with Gasteiger partial charge >= 0.3 is 0 Å². The molecule has 0 radical (unpaired) electrons. The fraction of sp³-hybridized carbons (Fsp3) is 0.636. The van der Waals surface area contributed by atoms with Gasteiger partial charge in [-0.1, -0.05) is 6.92 Å². The number of nitrogens with zero attached hydrogens (tertiary/aromatic N) is 1. The van der Waals surface area contributed by atoms with Gasteiger partial charge in [-0.15, -0.1) is 22.9 Å². The Labute approximate surface area is 115 Å². The van der Waals surface area contributed by atoms with Gasteiger partial charge in [0.15, 0.2) is 0 Å². The van der Waals surface area contributed by atoms with Crippen LogP contribution in [0.5, 0.6) is 0 Å². The third-order valence-electron chi connectivity index (χ3n) is 2.15. The number of nitrogens with one attached hydrogen (secondary N) is 1. The number of carbonyl (C=O) groups is 1. The summed E-state index contributed by atoms with van der Waals surface area (Å²) < 4.78 is 0. The second kappa shape index (κ2) is 7.95. The molecule has 1 rings (SSSR count). The van der Waals surface area contributed by atoms with Crippen molar-refractivity contribution in [3.05, 3.63) is 16.1 Å². The Morgan fingerprint density at radius 1 is 1.71 bits per heavy atom. The first-order valence-corrected chi connectivity index (χ1v) is 8.21. The van der Waals surface area contributed by atoms with Crippen LogP contribution in [0.2, 0.25) is 0 Å². The van der Waals surface area contributed by atoms with Crippen molar-refractivity contribution < 1.29 is 4.79 Å². The standard InChI is InChI=1S/C11H17ClN2OS2/c1-8(6-16-2)5-13-10(15)3-11-14-9(4-12)7-17-11/h7-8H,3-6H2,1-2H3,(H,13,15). The molecule has 1 heterocycles. The van der Waals surface area contributed by atoms with Crippen LogP contribution in [0, 0.1) is 5.92 Å². The number of thiazole rings is 1. The van der Waals surface area contributed by atoms with Crippen molar-refractivity contribution in [1.82, 2.24) is 10.3 Å². The maximum atomic E-state index is 11.6.